The third kappa shape index (κ3) is 4.36. The summed E-state index contributed by atoms with van der Waals surface area (Å²) in [6.45, 7) is 6.16. The van der Waals surface area contributed by atoms with Crippen LogP contribution in [-0.4, -0.2) is 53.8 Å². The fraction of sp³-hybridized carbons (Fsp3) is 0.370. The van der Waals surface area contributed by atoms with Crippen molar-refractivity contribution in [3.05, 3.63) is 64.5 Å². The van der Waals surface area contributed by atoms with E-state index in [0.717, 1.165) is 45.6 Å². The maximum Gasteiger partial charge on any atom is 0.337 e. The fourth-order valence-electron chi connectivity index (χ4n) is 4.74. The molecule has 184 valence electrons. The zero-order chi connectivity index (χ0) is 25.3. The van der Waals surface area contributed by atoms with Gasteiger partial charge in [0.2, 0.25) is 0 Å². The second-order valence-electron chi connectivity index (χ2n) is 8.73. The molecule has 1 aliphatic heterocycles. The largest absolute Gasteiger partial charge is 0.493 e. The van der Waals surface area contributed by atoms with Gasteiger partial charge < -0.3 is 14.8 Å². The van der Waals surface area contributed by atoms with Gasteiger partial charge in [0.15, 0.2) is 11.5 Å². The zero-order valence-corrected chi connectivity index (χ0v) is 21.5. The van der Waals surface area contributed by atoms with Crippen molar-refractivity contribution in [2.24, 2.45) is 12.1 Å². The smallest absolute Gasteiger partial charge is 0.337 e. The number of hydrogen-bond acceptors (Lipinski definition) is 5. The molecule has 0 aliphatic carbocycles. The molecular weight excluding hydrogens is 442 g/mol. The van der Waals surface area contributed by atoms with Crippen molar-refractivity contribution in [1.29, 1.82) is 0 Å². The lowest BCUT2D eigenvalue weighted by Gasteiger charge is -2.25. The number of carbonyl (C=O) groups is 1. The van der Waals surface area contributed by atoms with Crippen LogP contribution >= 0.6 is 0 Å². The molecule has 2 amide bonds. The highest BCUT2D eigenvalue weighted by atomic mass is 16.5. The predicted octanol–water partition coefficient (Wildman–Crippen LogP) is 4.45. The maximum atomic E-state index is 12.8. The van der Waals surface area contributed by atoms with Gasteiger partial charge >= 0.3 is 6.03 Å². The SMILES string of the molecule is CCC1Cc2cc(OC)c(OC)cc2C(c2ccc(-c3c(C)nn(C)c3C)cc2)=NN1C(=O)NC. The third-order valence-electron chi connectivity index (χ3n) is 6.72. The van der Waals surface area contributed by atoms with E-state index in [4.69, 9.17) is 14.6 Å². The number of hydrazone groups is 1. The molecule has 0 fully saturated rings. The van der Waals surface area contributed by atoms with Crippen molar-refractivity contribution in [2.45, 2.75) is 39.7 Å². The summed E-state index contributed by atoms with van der Waals surface area (Å²) in [5.74, 6) is 1.28. The van der Waals surface area contributed by atoms with Gasteiger partial charge in [-0.1, -0.05) is 31.2 Å². The number of fused-ring (bicyclic) bond motifs is 1. The molecule has 1 unspecified atom stereocenters. The van der Waals surface area contributed by atoms with Crippen molar-refractivity contribution in [1.82, 2.24) is 20.1 Å². The first kappa shape index (κ1) is 24.3. The van der Waals surface area contributed by atoms with Crippen LogP contribution in [0, 0.1) is 13.8 Å². The second kappa shape index (κ2) is 9.82. The summed E-state index contributed by atoms with van der Waals surface area (Å²) in [4.78, 5) is 12.8. The molecule has 4 rings (SSSR count). The summed E-state index contributed by atoms with van der Waals surface area (Å²) in [7, 11) is 6.83. The van der Waals surface area contributed by atoms with Crippen molar-refractivity contribution in [3.8, 4) is 22.6 Å². The molecule has 0 saturated heterocycles. The van der Waals surface area contributed by atoms with E-state index in [-0.39, 0.29) is 12.1 Å². The Labute approximate surface area is 206 Å². The third-order valence-corrected chi connectivity index (χ3v) is 6.72. The van der Waals surface area contributed by atoms with Gasteiger partial charge in [0.1, 0.15) is 0 Å². The average molecular weight is 476 g/mol. The van der Waals surface area contributed by atoms with Crippen LogP contribution in [0.2, 0.25) is 0 Å². The zero-order valence-electron chi connectivity index (χ0n) is 21.5. The number of benzene rings is 2. The van der Waals surface area contributed by atoms with Crippen molar-refractivity contribution in [2.75, 3.05) is 21.3 Å². The summed E-state index contributed by atoms with van der Waals surface area (Å²) in [5.41, 5.74) is 7.93. The Balaban J connectivity index is 1.89. The van der Waals surface area contributed by atoms with Gasteiger partial charge in [0.05, 0.1) is 31.7 Å². The Bertz CT molecular complexity index is 1280. The van der Waals surface area contributed by atoms with E-state index in [9.17, 15) is 4.79 Å². The van der Waals surface area contributed by atoms with Gasteiger partial charge in [-0.2, -0.15) is 10.2 Å². The summed E-state index contributed by atoms with van der Waals surface area (Å²) in [6.07, 6.45) is 1.41. The standard InChI is InChI=1S/C27H33N5O3/c1-8-21-13-20-14-23(34-6)24(35-7)15-22(20)26(30-32(21)27(33)28-4)19-11-9-18(10-12-19)25-16(2)29-31(5)17(25)3/h9-12,14-15,21H,8,13H2,1-7H3,(H,28,33). The molecule has 2 heterocycles. The molecule has 8 nitrogen and oxygen atoms in total. The predicted molar refractivity (Wildman–Crippen MR) is 137 cm³/mol. The molecule has 0 radical (unpaired) electrons. The summed E-state index contributed by atoms with van der Waals surface area (Å²) >= 11 is 0. The number of urea groups is 1. The van der Waals surface area contributed by atoms with Gasteiger partial charge in [-0.3, -0.25) is 4.68 Å². The lowest BCUT2D eigenvalue weighted by Crippen LogP contribution is -2.42. The number of nitrogens with one attached hydrogen (secondary N) is 1. The van der Waals surface area contributed by atoms with E-state index in [1.807, 2.05) is 30.8 Å². The van der Waals surface area contributed by atoms with Crippen molar-refractivity contribution < 1.29 is 14.3 Å². The van der Waals surface area contributed by atoms with Crippen molar-refractivity contribution >= 4 is 11.7 Å². The lowest BCUT2D eigenvalue weighted by molar-refractivity contribution is 0.177. The van der Waals surface area contributed by atoms with Gasteiger partial charge in [-0.15, -0.1) is 0 Å². The van der Waals surface area contributed by atoms with E-state index in [1.54, 1.807) is 26.3 Å². The first-order valence-corrected chi connectivity index (χ1v) is 11.8. The molecule has 35 heavy (non-hydrogen) atoms. The molecule has 0 spiro atoms. The number of rotatable bonds is 5. The number of methoxy groups -OCH3 is 2. The molecule has 2 aromatic carbocycles. The van der Waals surface area contributed by atoms with Crippen LogP contribution in [0.25, 0.3) is 11.1 Å². The number of hydrogen-bond donors (Lipinski definition) is 1. The van der Waals surface area contributed by atoms with Crippen LogP contribution in [0.3, 0.4) is 0 Å². The van der Waals surface area contributed by atoms with E-state index in [1.165, 1.54) is 0 Å². The lowest BCUT2D eigenvalue weighted by atomic mass is 9.92. The molecular formula is C27H33N5O3. The highest BCUT2D eigenvalue weighted by molar-refractivity contribution is 6.14. The van der Waals surface area contributed by atoms with Gasteiger partial charge in [0.25, 0.3) is 0 Å². The number of ether oxygens (including phenoxy) is 2. The topological polar surface area (TPSA) is 81.0 Å². The van der Waals surface area contributed by atoms with Crippen LogP contribution in [0.4, 0.5) is 4.79 Å². The quantitative estimate of drug-likeness (QED) is 0.591. The first-order valence-electron chi connectivity index (χ1n) is 11.8. The number of carbonyl (C=O) groups excluding carboxylic acids is 1. The number of nitrogens with zero attached hydrogens (tertiary/aromatic N) is 4. The first-order chi connectivity index (χ1) is 16.8. The highest BCUT2D eigenvalue weighted by Gasteiger charge is 2.30. The van der Waals surface area contributed by atoms with Gasteiger partial charge in [-0.25, -0.2) is 9.80 Å². The van der Waals surface area contributed by atoms with Gasteiger partial charge in [-0.05, 0) is 49.9 Å². The number of aryl methyl sites for hydroxylation is 2. The monoisotopic (exact) mass is 475 g/mol. The van der Waals surface area contributed by atoms with Crippen LogP contribution in [-0.2, 0) is 13.5 Å². The average Bonchev–Trinajstić information content (AvgIpc) is 3.03. The van der Waals surface area contributed by atoms with Crippen LogP contribution in [0.15, 0.2) is 41.5 Å². The Hall–Kier alpha value is -3.81. The van der Waals surface area contributed by atoms with Gasteiger partial charge in [0, 0.05) is 36.5 Å². The fourth-order valence-corrected chi connectivity index (χ4v) is 4.74. The summed E-state index contributed by atoms with van der Waals surface area (Å²) < 4.78 is 13.1. The second-order valence-corrected chi connectivity index (χ2v) is 8.73. The van der Waals surface area contributed by atoms with E-state index < -0.39 is 0 Å². The van der Waals surface area contributed by atoms with E-state index in [2.05, 4.69) is 48.5 Å². The van der Waals surface area contributed by atoms with E-state index >= 15 is 0 Å². The van der Waals surface area contributed by atoms with Crippen molar-refractivity contribution in [3.63, 3.8) is 0 Å². The van der Waals surface area contributed by atoms with E-state index in [0.29, 0.717) is 23.6 Å². The summed E-state index contributed by atoms with van der Waals surface area (Å²) in [5, 5.41) is 13.8. The molecule has 3 aromatic rings. The number of aromatic nitrogens is 2. The maximum absolute atomic E-state index is 12.8. The van der Waals surface area contributed by atoms with Crippen LogP contribution in [0.5, 0.6) is 11.5 Å². The molecule has 1 aliphatic rings. The highest BCUT2D eigenvalue weighted by Crippen LogP contribution is 2.35. The molecule has 1 atom stereocenters. The Morgan fingerprint density at radius 3 is 2.26 bits per heavy atom. The molecule has 8 heteroatoms. The Morgan fingerprint density at radius 1 is 1.09 bits per heavy atom. The molecule has 1 N–H and O–H groups in total. The molecule has 0 saturated carbocycles. The molecule has 1 aromatic heterocycles. The number of amides is 2. The van der Waals surface area contributed by atoms with Crippen LogP contribution < -0.4 is 14.8 Å². The Morgan fingerprint density at radius 2 is 1.71 bits per heavy atom. The minimum Gasteiger partial charge on any atom is -0.493 e. The molecule has 0 bridgehead atoms. The minimum atomic E-state index is -0.237. The normalized spacial score (nSPS) is 15.2. The van der Waals surface area contributed by atoms with Crippen LogP contribution in [0.1, 0.15) is 41.4 Å². The minimum absolute atomic E-state index is 0.0933. The summed E-state index contributed by atoms with van der Waals surface area (Å²) in [6, 6.07) is 11.9. The Kier molecular flexibility index (Phi) is 6.82.